The van der Waals surface area contributed by atoms with E-state index in [1.165, 1.54) is 0 Å². The van der Waals surface area contributed by atoms with E-state index >= 15 is 0 Å². The Labute approximate surface area is 131 Å². The lowest BCUT2D eigenvalue weighted by atomic mass is 10.3. The average molecular weight is 313 g/mol. The molecule has 1 aromatic heterocycles. The van der Waals surface area contributed by atoms with Crippen LogP contribution in [0.15, 0.2) is 27.8 Å². The number of rotatable bonds is 11. The predicted octanol–water partition coefficient (Wildman–Crippen LogP) is 2.15. The monoisotopic (exact) mass is 313 g/mol. The molecular weight excluding hydrogens is 286 g/mol. The first-order chi connectivity index (χ1) is 10.4. The molecule has 2 N–H and O–H groups in total. The molecule has 0 fully saturated rings. The summed E-state index contributed by atoms with van der Waals surface area (Å²) in [7, 11) is 1.73. The van der Waals surface area contributed by atoms with Crippen LogP contribution in [-0.4, -0.2) is 51.3 Å². The van der Waals surface area contributed by atoms with Crippen LogP contribution in [0.25, 0.3) is 0 Å². The second-order valence-electron chi connectivity index (χ2n) is 4.61. The number of nitrogens with zero attached hydrogens (tertiary/aromatic N) is 1. The summed E-state index contributed by atoms with van der Waals surface area (Å²) in [5, 5.41) is 6.69. The summed E-state index contributed by atoms with van der Waals surface area (Å²) in [5.41, 5.74) is 0. The summed E-state index contributed by atoms with van der Waals surface area (Å²) >= 11 is 1.82. The van der Waals surface area contributed by atoms with Crippen molar-refractivity contribution in [2.24, 2.45) is 4.99 Å². The molecule has 1 aromatic rings. The Balaban J connectivity index is 2.26. The lowest BCUT2D eigenvalue weighted by molar-refractivity contribution is 0.193. The van der Waals surface area contributed by atoms with Gasteiger partial charge in [-0.25, -0.2) is 0 Å². The highest BCUT2D eigenvalue weighted by atomic mass is 32.2. The Bertz CT molecular complexity index is 369. The third-order valence-electron chi connectivity index (χ3n) is 2.87. The van der Waals surface area contributed by atoms with Gasteiger partial charge in [0.15, 0.2) is 5.96 Å². The fourth-order valence-corrected chi connectivity index (χ4v) is 2.06. The Kier molecular flexibility index (Phi) is 10.7. The third kappa shape index (κ3) is 9.42. The predicted molar refractivity (Wildman–Crippen MR) is 90.2 cm³/mol. The number of hydrogen-bond donors (Lipinski definition) is 2. The van der Waals surface area contributed by atoms with Crippen LogP contribution in [0.3, 0.4) is 0 Å². The van der Waals surface area contributed by atoms with Gasteiger partial charge in [-0.3, -0.25) is 4.99 Å². The lowest BCUT2D eigenvalue weighted by Gasteiger charge is -2.11. The van der Waals surface area contributed by atoms with E-state index in [1.54, 1.807) is 13.4 Å². The van der Waals surface area contributed by atoms with Crippen LogP contribution in [0.5, 0.6) is 0 Å². The number of ether oxygens (including phenoxy) is 1. The molecule has 0 atom stereocenters. The van der Waals surface area contributed by atoms with E-state index in [0.717, 1.165) is 63.0 Å². The minimum Gasteiger partial charge on any atom is -0.469 e. The van der Waals surface area contributed by atoms with Gasteiger partial charge in [0.05, 0.1) is 6.26 Å². The van der Waals surface area contributed by atoms with Crippen molar-refractivity contribution >= 4 is 17.7 Å². The van der Waals surface area contributed by atoms with Crippen LogP contribution < -0.4 is 10.6 Å². The second-order valence-corrected chi connectivity index (χ2v) is 5.59. The Hall–Kier alpha value is -1.14. The molecule has 1 heterocycles. The quantitative estimate of drug-likeness (QED) is 0.372. The van der Waals surface area contributed by atoms with Crippen LogP contribution in [0, 0.1) is 0 Å². The standard InChI is InChI=1S/C15H27N3O2S/c1-19-11-4-3-8-16-15(18-10-13-21-2)17-9-7-14-6-5-12-20-14/h5-6,12H,3-4,7-11,13H2,1-2H3,(H2,16,17,18). The summed E-state index contributed by atoms with van der Waals surface area (Å²) in [5.74, 6) is 2.95. The van der Waals surface area contributed by atoms with E-state index in [4.69, 9.17) is 9.15 Å². The number of nitrogens with one attached hydrogen (secondary N) is 2. The number of unbranched alkanes of at least 4 members (excludes halogenated alkanes) is 1. The first kappa shape index (κ1) is 17.9. The average Bonchev–Trinajstić information content (AvgIpc) is 3.00. The van der Waals surface area contributed by atoms with Gasteiger partial charge < -0.3 is 19.8 Å². The molecule has 120 valence electrons. The highest BCUT2D eigenvalue weighted by molar-refractivity contribution is 7.98. The summed E-state index contributed by atoms with van der Waals surface area (Å²) < 4.78 is 10.4. The first-order valence-electron chi connectivity index (χ1n) is 7.39. The van der Waals surface area contributed by atoms with Crippen LogP contribution >= 0.6 is 11.8 Å². The molecule has 0 spiro atoms. The normalized spacial score (nSPS) is 11.6. The maximum atomic E-state index is 5.32. The van der Waals surface area contributed by atoms with Crippen molar-refractivity contribution in [2.75, 3.05) is 45.4 Å². The van der Waals surface area contributed by atoms with E-state index in [9.17, 15) is 0 Å². The molecule has 0 amide bonds. The smallest absolute Gasteiger partial charge is 0.191 e. The van der Waals surface area contributed by atoms with Crippen molar-refractivity contribution in [3.05, 3.63) is 24.2 Å². The maximum absolute atomic E-state index is 5.32. The van der Waals surface area contributed by atoms with Crippen LogP contribution in [-0.2, 0) is 11.2 Å². The molecule has 0 radical (unpaired) electrons. The number of hydrogen-bond acceptors (Lipinski definition) is 4. The Morgan fingerprint density at radius 1 is 1.33 bits per heavy atom. The molecule has 1 rings (SSSR count). The van der Waals surface area contributed by atoms with Gasteiger partial charge in [-0.2, -0.15) is 11.8 Å². The van der Waals surface area contributed by atoms with E-state index < -0.39 is 0 Å². The molecule has 0 bridgehead atoms. The highest BCUT2D eigenvalue weighted by Crippen LogP contribution is 1.99. The van der Waals surface area contributed by atoms with E-state index in [2.05, 4.69) is 21.9 Å². The SMILES string of the molecule is COCCCCN=C(NCCSC)NCCc1ccco1. The van der Waals surface area contributed by atoms with Gasteiger partial charge in [-0.15, -0.1) is 0 Å². The maximum Gasteiger partial charge on any atom is 0.191 e. The van der Waals surface area contributed by atoms with E-state index in [0.29, 0.717) is 0 Å². The van der Waals surface area contributed by atoms with Gasteiger partial charge >= 0.3 is 0 Å². The molecule has 0 aliphatic rings. The van der Waals surface area contributed by atoms with Gasteiger partial charge in [0.25, 0.3) is 0 Å². The molecule has 0 aromatic carbocycles. The fraction of sp³-hybridized carbons (Fsp3) is 0.667. The number of thioether (sulfide) groups is 1. The second kappa shape index (κ2) is 12.6. The molecule has 6 heteroatoms. The van der Waals surface area contributed by atoms with Crippen molar-refractivity contribution in [1.29, 1.82) is 0 Å². The highest BCUT2D eigenvalue weighted by Gasteiger charge is 2.00. The van der Waals surface area contributed by atoms with Crippen LogP contribution in [0.1, 0.15) is 18.6 Å². The molecule has 0 saturated heterocycles. The van der Waals surface area contributed by atoms with Crippen molar-refractivity contribution in [2.45, 2.75) is 19.3 Å². The minimum atomic E-state index is 0.802. The third-order valence-corrected chi connectivity index (χ3v) is 3.48. The molecule has 21 heavy (non-hydrogen) atoms. The fourth-order valence-electron chi connectivity index (χ4n) is 1.75. The van der Waals surface area contributed by atoms with Crippen LogP contribution in [0.2, 0.25) is 0 Å². The molecule has 0 aliphatic carbocycles. The van der Waals surface area contributed by atoms with Gasteiger partial charge in [-0.05, 0) is 31.2 Å². The summed E-state index contributed by atoms with van der Waals surface area (Å²) in [6, 6.07) is 3.90. The van der Waals surface area contributed by atoms with Crippen LogP contribution in [0.4, 0.5) is 0 Å². The van der Waals surface area contributed by atoms with Gasteiger partial charge in [0.1, 0.15) is 5.76 Å². The van der Waals surface area contributed by atoms with Gasteiger partial charge in [0.2, 0.25) is 0 Å². The van der Waals surface area contributed by atoms with Crippen molar-refractivity contribution in [1.82, 2.24) is 10.6 Å². The number of furan rings is 1. The van der Waals surface area contributed by atoms with Crippen molar-refractivity contribution in [3.8, 4) is 0 Å². The largest absolute Gasteiger partial charge is 0.469 e. The number of guanidine groups is 1. The zero-order chi connectivity index (χ0) is 15.2. The molecule has 5 nitrogen and oxygen atoms in total. The molecule has 0 saturated carbocycles. The zero-order valence-corrected chi connectivity index (χ0v) is 13.9. The Morgan fingerprint density at radius 2 is 2.19 bits per heavy atom. The Morgan fingerprint density at radius 3 is 2.90 bits per heavy atom. The molecule has 0 unspecified atom stereocenters. The topological polar surface area (TPSA) is 58.8 Å². The van der Waals surface area contributed by atoms with E-state index in [-0.39, 0.29) is 0 Å². The van der Waals surface area contributed by atoms with E-state index in [1.807, 2.05) is 23.9 Å². The van der Waals surface area contributed by atoms with Crippen molar-refractivity contribution < 1.29 is 9.15 Å². The number of aliphatic imine (C=N–C) groups is 1. The summed E-state index contributed by atoms with van der Waals surface area (Å²) in [6.07, 6.45) is 6.76. The lowest BCUT2D eigenvalue weighted by Crippen LogP contribution is -2.39. The zero-order valence-electron chi connectivity index (χ0n) is 13.1. The summed E-state index contributed by atoms with van der Waals surface area (Å²) in [4.78, 5) is 4.59. The van der Waals surface area contributed by atoms with Gasteiger partial charge in [0, 0.05) is 45.5 Å². The summed E-state index contributed by atoms with van der Waals surface area (Å²) in [6.45, 7) is 3.36. The first-order valence-corrected chi connectivity index (χ1v) is 8.78. The molecular formula is C15H27N3O2S. The minimum absolute atomic E-state index is 0.802. The molecule has 0 aliphatic heterocycles. The number of methoxy groups -OCH3 is 1. The van der Waals surface area contributed by atoms with Crippen molar-refractivity contribution in [3.63, 3.8) is 0 Å². The van der Waals surface area contributed by atoms with Gasteiger partial charge in [-0.1, -0.05) is 0 Å².